The Morgan fingerprint density at radius 1 is 1.12 bits per heavy atom. The maximum absolute atomic E-state index is 12.2. The summed E-state index contributed by atoms with van der Waals surface area (Å²) in [4.78, 5) is 38.0. The van der Waals surface area contributed by atoms with E-state index in [0.717, 1.165) is 11.3 Å². The molecule has 1 rings (SSSR count). The van der Waals surface area contributed by atoms with Gasteiger partial charge in [-0.15, -0.1) is 0 Å². The van der Waals surface area contributed by atoms with E-state index >= 15 is 0 Å². The van der Waals surface area contributed by atoms with Gasteiger partial charge in [-0.05, 0) is 24.6 Å². The first-order chi connectivity index (χ1) is 12.2. The first-order valence-corrected chi connectivity index (χ1v) is 9.05. The Bertz CT molecular complexity index is 655. The molecule has 0 bridgehead atoms. The molecule has 1 aromatic rings. The van der Waals surface area contributed by atoms with Crippen LogP contribution in [-0.4, -0.2) is 62.9 Å². The molecule has 3 N–H and O–H groups in total. The number of likely N-dealkylation sites (N-methyl/N-ethyl adjacent to an activating group) is 2. The molecule has 0 aliphatic carbocycles. The number of quaternary nitrogens is 1. The van der Waals surface area contributed by atoms with E-state index in [4.69, 9.17) is 23.2 Å². The van der Waals surface area contributed by atoms with E-state index in [-0.39, 0.29) is 37.4 Å². The van der Waals surface area contributed by atoms with Crippen LogP contribution in [0.4, 0.5) is 5.69 Å². The van der Waals surface area contributed by atoms with Crippen molar-refractivity contribution < 1.29 is 19.3 Å². The smallest absolute Gasteiger partial charge is 0.277 e. The number of nitrogens with one attached hydrogen (secondary N) is 3. The largest absolute Gasteiger partial charge is 0.351 e. The maximum atomic E-state index is 12.2. The van der Waals surface area contributed by atoms with Gasteiger partial charge >= 0.3 is 0 Å². The van der Waals surface area contributed by atoms with Crippen molar-refractivity contribution in [2.75, 3.05) is 45.6 Å². The third kappa shape index (κ3) is 8.03. The number of anilines is 1. The van der Waals surface area contributed by atoms with Gasteiger partial charge in [-0.25, -0.2) is 0 Å². The molecule has 1 unspecified atom stereocenters. The van der Waals surface area contributed by atoms with Gasteiger partial charge in [-0.2, -0.15) is 0 Å². The third-order valence-corrected chi connectivity index (χ3v) is 4.24. The first-order valence-electron chi connectivity index (χ1n) is 8.29. The normalized spacial score (nSPS) is 11.6. The SMILES string of the molecule is CCCNC(=O)C[NH+](C)CC(=O)N(C)CC(=O)Nc1ccc(Cl)c(Cl)c1. The molecule has 0 fully saturated rings. The summed E-state index contributed by atoms with van der Waals surface area (Å²) in [6.45, 7) is 2.81. The van der Waals surface area contributed by atoms with Gasteiger partial charge in [0.15, 0.2) is 13.1 Å². The minimum Gasteiger partial charge on any atom is -0.351 e. The summed E-state index contributed by atoms with van der Waals surface area (Å²) < 4.78 is 0. The lowest BCUT2D eigenvalue weighted by atomic mass is 10.3. The Balaban J connectivity index is 2.43. The van der Waals surface area contributed by atoms with E-state index in [0.29, 0.717) is 22.3 Å². The summed E-state index contributed by atoms with van der Waals surface area (Å²) in [6.07, 6.45) is 0.862. The molecule has 0 aromatic heterocycles. The Morgan fingerprint density at radius 3 is 2.42 bits per heavy atom. The van der Waals surface area contributed by atoms with Crippen molar-refractivity contribution in [2.45, 2.75) is 13.3 Å². The number of carbonyl (C=O) groups excluding carboxylic acids is 3. The van der Waals surface area contributed by atoms with Gasteiger partial charge in [-0.1, -0.05) is 30.1 Å². The highest BCUT2D eigenvalue weighted by molar-refractivity contribution is 6.42. The van der Waals surface area contributed by atoms with Crippen LogP contribution < -0.4 is 15.5 Å². The van der Waals surface area contributed by atoms with Crippen LogP contribution in [0.2, 0.25) is 10.0 Å². The van der Waals surface area contributed by atoms with Crippen LogP contribution in [0, 0.1) is 0 Å². The molecule has 0 spiro atoms. The molecule has 1 atom stereocenters. The molecule has 0 saturated carbocycles. The fourth-order valence-corrected chi connectivity index (χ4v) is 2.43. The van der Waals surface area contributed by atoms with Gasteiger partial charge < -0.3 is 20.4 Å². The third-order valence-electron chi connectivity index (χ3n) is 3.50. The Labute approximate surface area is 163 Å². The van der Waals surface area contributed by atoms with Crippen LogP contribution in [0.1, 0.15) is 13.3 Å². The van der Waals surface area contributed by atoms with Crippen LogP contribution >= 0.6 is 23.2 Å². The lowest BCUT2D eigenvalue weighted by molar-refractivity contribution is -0.862. The highest BCUT2D eigenvalue weighted by Crippen LogP contribution is 2.24. The number of carbonyl (C=O) groups is 3. The average Bonchev–Trinajstić information content (AvgIpc) is 2.55. The van der Waals surface area contributed by atoms with Crippen LogP contribution in [0.3, 0.4) is 0 Å². The molecule has 0 radical (unpaired) electrons. The second-order valence-electron chi connectivity index (χ2n) is 6.09. The molecule has 1 aromatic carbocycles. The Kier molecular flexibility index (Phi) is 9.40. The lowest BCUT2D eigenvalue weighted by Gasteiger charge is -2.19. The summed E-state index contributed by atoms with van der Waals surface area (Å²) in [5, 5.41) is 6.15. The molecular formula is C17H25Cl2N4O3+. The second kappa shape index (κ2) is 11.0. The molecule has 144 valence electrons. The molecule has 0 aliphatic rings. The van der Waals surface area contributed by atoms with Crippen molar-refractivity contribution in [2.24, 2.45) is 0 Å². The van der Waals surface area contributed by atoms with Crippen molar-refractivity contribution in [3.63, 3.8) is 0 Å². The predicted molar refractivity (Wildman–Crippen MR) is 103 cm³/mol. The fourth-order valence-electron chi connectivity index (χ4n) is 2.13. The summed E-state index contributed by atoms with van der Waals surface area (Å²) in [6, 6.07) is 4.74. The van der Waals surface area contributed by atoms with Gasteiger partial charge in [-0.3, -0.25) is 14.4 Å². The fraction of sp³-hybridized carbons (Fsp3) is 0.471. The van der Waals surface area contributed by atoms with E-state index in [1.54, 1.807) is 26.2 Å². The number of hydrogen-bond donors (Lipinski definition) is 3. The first kappa shape index (κ1) is 22.2. The topological polar surface area (TPSA) is 83.0 Å². The standard InChI is InChI=1S/C17H24Cl2N4O3/c1-4-7-20-15(24)9-22(2)11-17(26)23(3)10-16(25)21-12-5-6-13(18)14(19)8-12/h5-6,8H,4,7,9-11H2,1-3H3,(H,20,24)(H,21,25)/p+1. The zero-order valence-electron chi connectivity index (χ0n) is 15.2. The van der Waals surface area contributed by atoms with E-state index < -0.39 is 0 Å². The average molecular weight is 404 g/mol. The van der Waals surface area contributed by atoms with Crippen LogP contribution in [0.15, 0.2) is 18.2 Å². The van der Waals surface area contributed by atoms with E-state index in [9.17, 15) is 14.4 Å². The molecular weight excluding hydrogens is 379 g/mol. The zero-order chi connectivity index (χ0) is 19.7. The molecule has 0 heterocycles. The maximum Gasteiger partial charge on any atom is 0.277 e. The minimum absolute atomic E-state index is 0.0998. The molecule has 26 heavy (non-hydrogen) atoms. The predicted octanol–water partition coefficient (Wildman–Crippen LogP) is 0.431. The van der Waals surface area contributed by atoms with Crippen molar-refractivity contribution in [1.29, 1.82) is 0 Å². The Morgan fingerprint density at radius 2 is 1.81 bits per heavy atom. The number of hydrogen-bond acceptors (Lipinski definition) is 3. The van der Waals surface area contributed by atoms with Gasteiger partial charge in [0.2, 0.25) is 5.91 Å². The van der Waals surface area contributed by atoms with Gasteiger partial charge in [0.25, 0.3) is 11.8 Å². The highest BCUT2D eigenvalue weighted by Gasteiger charge is 2.19. The number of amides is 3. The monoisotopic (exact) mass is 403 g/mol. The van der Waals surface area contributed by atoms with Crippen LogP contribution in [0.5, 0.6) is 0 Å². The van der Waals surface area contributed by atoms with Gasteiger partial charge in [0.1, 0.15) is 0 Å². The molecule has 9 heteroatoms. The molecule has 0 saturated heterocycles. The van der Waals surface area contributed by atoms with Crippen molar-refractivity contribution in [1.82, 2.24) is 10.2 Å². The summed E-state index contributed by atoms with van der Waals surface area (Å²) in [7, 11) is 3.30. The Hall–Kier alpha value is -1.83. The van der Waals surface area contributed by atoms with Crippen LogP contribution in [-0.2, 0) is 14.4 Å². The van der Waals surface area contributed by atoms with Gasteiger partial charge in [0, 0.05) is 19.3 Å². The number of halogens is 2. The summed E-state index contributed by atoms with van der Waals surface area (Å²) >= 11 is 11.7. The van der Waals surface area contributed by atoms with E-state index in [1.807, 2.05) is 6.92 Å². The van der Waals surface area contributed by atoms with Crippen LogP contribution in [0.25, 0.3) is 0 Å². The van der Waals surface area contributed by atoms with Gasteiger partial charge in [0.05, 0.1) is 23.6 Å². The zero-order valence-corrected chi connectivity index (χ0v) is 16.7. The summed E-state index contributed by atoms with van der Waals surface area (Å²) in [5.41, 5.74) is 0.501. The minimum atomic E-state index is -0.349. The highest BCUT2D eigenvalue weighted by atomic mass is 35.5. The molecule has 7 nitrogen and oxygen atoms in total. The number of benzene rings is 1. The van der Waals surface area contributed by atoms with Crippen molar-refractivity contribution in [3.8, 4) is 0 Å². The quantitative estimate of drug-likeness (QED) is 0.559. The van der Waals surface area contributed by atoms with E-state index in [1.165, 1.54) is 11.0 Å². The van der Waals surface area contributed by atoms with Crippen molar-refractivity contribution >= 4 is 46.6 Å². The number of nitrogens with zero attached hydrogens (tertiary/aromatic N) is 1. The molecule has 0 aliphatic heterocycles. The van der Waals surface area contributed by atoms with Crippen molar-refractivity contribution in [3.05, 3.63) is 28.2 Å². The number of rotatable bonds is 9. The molecule has 3 amide bonds. The lowest BCUT2D eigenvalue weighted by Crippen LogP contribution is -3.11. The summed E-state index contributed by atoms with van der Waals surface area (Å²) in [5.74, 6) is -0.676. The van der Waals surface area contributed by atoms with E-state index in [2.05, 4.69) is 10.6 Å². The second-order valence-corrected chi connectivity index (χ2v) is 6.90.